The summed E-state index contributed by atoms with van der Waals surface area (Å²) in [5.41, 5.74) is 0. The van der Waals surface area contributed by atoms with Crippen LogP contribution in [-0.4, -0.2) is 98.1 Å². The molecule has 166 valence electrons. The Morgan fingerprint density at radius 2 is 1.18 bits per heavy atom. The quantitative estimate of drug-likeness (QED) is 0.231. The van der Waals surface area contributed by atoms with Crippen LogP contribution >= 0.6 is 0 Å². The largest absolute Gasteiger partial charge is 0.463 e. The number of esters is 1. The molecule has 1 saturated heterocycles. The Labute approximate surface area is 167 Å². The lowest BCUT2D eigenvalue weighted by Gasteiger charge is -2.22. The first-order valence-corrected chi connectivity index (χ1v) is 10.0. The average molecular weight is 408 g/mol. The van der Waals surface area contributed by atoms with Crippen molar-refractivity contribution >= 4 is 5.97 Å². The van der Waals surface area contributed by atoms with E-state index in [1.807, 2.05) is 0 Å². The van der Waals surface area contributed by atoms with Crippen molar-refractivity contribution in [1.29, 1.82) is 0 Å². The van der Waals surface area contributed by atoms with Crippen LogP contribution in [0.3, 0.4) is 0 Å². The SMILES string of the molecule is CC(=O)OCCOCCOCCOCCOCCOCCOC1CCCCO1. The third kappa shape index (κ3) is 17.3. The minimum atomic E-state index is -0.302. The number of carbonyl (C=O) groups is 1. The molecule has 1 heterocycles. The van der Waals surface area contributed by atoms with E-state index in [9.17, 15) is 4.79 Å². The molecule has 9 heteroatoms. The Balaban J connectivity index is 1.65. The molecule has 0 bridgehead atoms. The van der Waals surface area contributed by atoms with E-state index in [-0.39, 0.29) is 18.9 Å². The van der Waals surface area contributed by atoms with E-state index in [4.69, 9.17) is 37.9 Å². The van der Waals surface area contributed by atoms with E-state index >= 15 is 0 Å². The molecule has 1 fully saturated rings. The highest BCUT2D eigenvalue weighted by Crippen LogP contribution is 2.13. The van der Waals surface area contributed by atoms with Crippen LogP contribution in [0.2, 0.25) is 0 Å². The van der Waals surface area contributed by atoms with Gasteiger partial charge in [-0.05, 0) is 19.3 Å². The van der Waals surface area contributed by atoms with Gasteiger partial charge in [-0.3, -0.25) is 4.79 Å². The first kappa shape index (κ1) is 25.2. The van der Waals surface area contributed by atoms with Crippen molar-refractivity contribution < 1.29 is 42.7 Å². The summed E-state index contributed by atoms with van der Waals surface area (Å²) in [6.45, 7) is 7.96. The Morgan fingerprint density at radius 3 is 1.61 bits per heavy atom. The lowest BCUT2D eigenvalue weighted by atomic mass is 10.2. The number of carbonyl (C=O) groups excluding carboxylic acids is 1. The van der Waals surface area contributed by atoms with Gasteiger partial charge in [0.25, 0.3) is 0 Å². The van der Waals surface area contributed by atoms with Gasteiger partial charge >= 0.3 is 5.97 Å². The summed E-state index contributed by atoms with van der Waals surface area (Å²) in [4.78, 5) is 10.5. The predicted octanol–water partition coefficient (Wildman–Crippen LogP) is 1.18. The molecule has 0 aromatic rings. The molecule has 0 aromatic heterocycles. The monoisotopic (exact) mass is 408 g/mol. The van der Waals surface area contributed by atoms with E-state index in [0.717, 1.165) is 19.4 Å². The van der Waals surface area contributed by atoms with E-state index < -0.39 is 0 Å². The minimum absolute atomic E-state index is 0.0606. The molecule has 0 N–H and O–H groups in total. The van der Waals surface area contributed by atoms with Crippen molar-refractivity contribution in [3.05, 3.63) is 0 Å². The van der Waals surface area contributed by atoms with Crippen LogP contribution in [0, 0.1) is 0 Å². The molecule has 1 unspecified atom stereocenters. The third-order valence-corrected chi connectivity index (χ3v) is 3.69. The molecule has 0 amide bonds. The van der Waals surface area contributed by atoms with Crippen molar-refractivity contribution in [2.75, 3.05) is 85.9 Å². The fourth-order valence-corrected chi connectivity index (χ4v) is 2.31. The summed E-state index contributed by atoms with van der Waals surface area (Å²) in [5, 5.41) is 0. The fourth-order valence-electron chi connectivity index (χ4n) is 2.31. The molecule has 1 rings (SSSR count). The zero-order valence-electron chi connectivity index (χ0n) is 17.1. The highest BCUT2D eigenvalue weighted by Gasteiger charge is 2.13. The first-order chi connectivity index (χ1) is 13.8. The van der Waals surface area contributed by atoms with Crippen LogP contribution in [0.4, 0.5) is 0 Å². The van der Waals surface area contributed by atoms with Gasteiger partial charge in [0, 0.05) is 13.5 Å². The van der Waals surface area contributed by atoms with E-state index in [1.54, 1.807) is 0 Å². The summed E-state index contributed by atoms with van der Waals surface area (Å²) < 4.78 is 42.6. The van der Waals surface area contributed by atoms with Crippen LogP contribution in [-0.2, 0) is 42.7 Å². The number of hydrogen-bond donors (Lipinski definition) is 0. The highest BCUT2D eigenvalue weighted by atomic mass is 16.7. The molecule has 28 heavy (non-hydrogen) atoms. The second-order valence-corrected chi connectivity index (χ2v) is 6.07. The molecular formula is C19H36O9. The second-order valence-electron chi connectivity index (χ2n) is 6.07. The number of rotatable bonds is 19. The van der Waals surface area contributed by atoms with E-state index in [1.165, 1.54) is 13.3 Å². The zero-order valence-corrected chi connectivity index (χ0v) is 17.1. The third-order valence-electron chi connectivity index (χ3n) is 3.69. The molecule has 0 aromatic carbocycles. The van der Waals surface area contributed by atoms with Gasteiger partial charge in [-0.25, -0.2) is 0 Å². The lowest BCUT2D eigenvalue weighted by molar-refractivity contribution is -0.169. The molecule has 0 aliphatic carbocycles. The summed E-state index contributed by atoms with van der Waals surface area (Å²) in [7, 11) is 0. The Kier molecular flexibility index (Phi) is 17.6. The summed E-state index contributed by atoms with van der Waals surface area (Å²) in [6, 6.07) is 0. The predicted molar refractivity (Wildman–Crippen MR) is 100 cm³/mol. The maximum atomic E-state index is 10.5. The smallest absolute Gasteiger partial charge is 0.302 e. The Morgan fingerprint density at radius 1 is 0.714 bits per heavy atom. The van der Waals surface area contributed by atoms with Gasteiger partial charge in [0.2, 0.25) is 0 Å². The fraction of sp³-hybridized carbons (Fsp3) is 0.947. The number of hydrogen-bond acceptors (Lipinski definition) is 9. The second kappa shape index (κ2) is 19.5. The van der Waals surface area contributed by atoms with Crippen molar-refractivity contribution in [2.45, 2.75) is 32.5 Å². The summed E-state index contributed by atoms with van der Waals surface area (Å²) in [6.07, 6.45) is 3.20. The molecule has 0 radical (unpaired) electrons. The van der Waals surface area contributed by atoms with Gasteiger partial charge < -0.3 is 37.9 Å². The maximum Gasteiger partial charge on any atom is 0.302 e. The van der Waals surface area contributed by atoms with Crippen LogP contribution in [0.15, 0.2) is 0 Å². The molecule has 9 nitrogen and oxygen atoms in total. The van der Waals surface area contributed by atoms with Crippen molar-refractivity contribution in [3.8, 4) is 0 Å². The molecule has 0 spiro atoms. The Hall–Kier alpha value is -0.810. The highest BCUT2D eigenvalue weighted by molar-refractivity contribution is 5.65. The average Bonchev–Trinajstić information content (AvgIpc) is 2.70. The van der Waals surface area contributed by atoms with Crippen molar-refractivity contribution in [3.63, 3.8) is 0 Å². The molecule has 1 aliphatic rings. The minimum Gasteiger partial charge on any atom is -0.463 e. The summed E-state index contributed by atoms with van der Waals surface area (Å²) in [5.74, 6) is -0.302. The van der Waals surface area contributed by atoms with Crippen molar-refractivity contribution in [1.82, 2.24) is 0 Å². The topological polar surface area (TPSA) is 90.9 Å². The lowest BCUT2D eigenvalue weighted by Crippen LogP contribution is -2.24. The van der Waals surface area contributed by atoms with Gasteiger partial charge in [-0.2, -0.15) is 0 Å². The molecule has 0 saturated carbocycles. The van der Waals surface area contributed by atoms with Crippen LogP contribution in [0.25, 0.3) is 0 Å². The standard InChI is InChI=1S/C19H36O9/c1-18(20)26-16-14-24-12-10-22-8-6-21-7-9-23-11-13-25-15-17-28-19-4-2-3-5-27-19/h19H,2-17H2,1H3. The molecule has 1 aliphatic heterocycles. The van der Waals surface area contributed by atoms with Crippen LogP contribution < -0.4 is 0 Å². The Bertz CT molecular complexity index is 348. The van der Waals surface area contributed by atoms with Gasteiger partial charge in [-0.1, -0.05) is 0 Å². The van der Waals surface area contributed by atoms with Gasteiger partial charge in [-0.15, -0.1) is 0 Å². The van der Waals surface area contributed by atoms with Gasteiger partial charge in [0.05, 0.1) is 72.7 Å². The summed E-state index contributed by atoms with van der Waals surface area (Å²) >= 11 is 0. The van der Waals surface area contributed by atoms with Gasteiger partial charge in [0.15, 0.2) is 6.29 Å². The van der Waals surface area contributed by atoms with Crippen LogP contribution in [0.1, 0.15) is 26.2 Å². The number of ether oxygens (including phenoxy) is 8. The first-order valence-electron chi connectivity index (χ1n) is 10.0. The van der Waals surface area contributed by atoms with Crippen molar-refractivity contribution in [2.24, 2.45) is 0 Å². The van der Waals surface area contributed by atoms with Crippen LogP contribution in [0.5, 0.6) is 0 Å². The molecule has 1 atom stereocenters. The van der Waals surface area contributed by atoms with E-state index in [2.05, 4.69) is 0 Å². The zero-order chi connectivity index (χ0) is 20.1. The van der Waals surface area contributed by atoms with Gasteiger partial charge in [0.1, 0.15) is 6.61 Å². The molecular weight excluding hydrogens is 372 g/mol. The maximum absolute atomic E-state index is 10.5. The van der Waals surface area contributed by atoms with E-state index in [0.29, 0.717) is 72.7 Å². The normalized spacial score (nSPS) is 17.0.